The van der Waals surface area contributed by atoms with E-state index >= 15 is 0 Å². The summed E-state index contributed by atoms with van der Waals surface area (Å²) >= 11 is 0. The van der Waals surface area contributed by atoms with Crippen molar-refractivity contribution in [2.45, 2.75) is 19.1 Å². The van der Waals surface area contributed by atoms with Gasteiger partial charge in [0.2, 0.25) is 5.91 Å². The van der Waals surface area contributed by atoms with Gasteiger partial charge in [-0.25, -0.2) is 0 Å². The van der Waals surface area contributed by atoms with E-state index < -0.39 is 6.10 Å². The number of furan rings is 1. The second-order valence-electron chi connectivity index (χ2n) is 6.02. The van der Waals surface area contributed by atoms with Crippen molar-refractivity contribution in [3.05, 3.63) is 60.1 Å². The highest BCUT2D eigenvalue weighted by Crippen LogP contribution is 2.11. The van der Waals surface area contributed by atoms with Crippen LogP contribution in [0.4, 0.5) is 0 Å². The highest BCUT2D eigenvalue weighted by molar-refractivity contribution is 5.78. The number of benzene rings is 1. The van der Waals surface area contributed by atoms with E-state index in [4.69, 9.17) is 4.42 Å². The molecule has 1 saturated heterocycles. The molecule has 0 aliphatic carbocycles. The highest BCUT2D eigenvalue weighted by atomic mass is 16.3. The topological polar surface area (TPSA) is 56.9 Å². The monoisotopic (exact) mass is 314 g/mol. The molecule has 2 heterocycles. The lowest BCUT2D eigenvalue weighted by Gasteiger charge is -2.21. The molecule has 1 fully saturated rings. The van der Waals surface area contributed by atoms with Gasteiger partial charge in [0.05, 0.1) is 25.1 Å². The first-order valence-electron chi connectivity index (χ1n) is 7.94. The number of hydrogen-bond donors (Lipinski definition) is 1. The Labute approximate surface area is 136 Å². The van der Waals surface area contributed by atoms with Crippen molar-refractivity contribution in [2.24, 2.45) is 0 Å². The maximum atomic E-state index is 12.5. The molecule has 1 N–H and O–H groups in total. The van der Waals surface area contributed by atoms with Gasteiger partial charge in [0, 0.05) is 38.3 Å². The van der Waals surface area contributed by atoms with Gasteiger partial charge in [-0.05, 0) is 11.6 Å². The van der Waals surface area contributed by atoms with Gasteiger partial charge in [-0.2, -0.15) is 0 Å². The highest BCUT2D eigenvalue weighted by Gasteiger charge is 2.24. The lowest BCUT2D eigenvalue weighted by atomic mass is 10.1. The lowest BCUT2D eigenvalue weighted by Crippen LogP contribution is -2.38. The zero-order chi connectivity index (χ0) is 16.1. The van der Waals surface area contributed by atoms with Crippen molar-refractivity contribution in [2.75, 3.05) is 26.2 Å². The zero-order valence-corrected chi connectivity index (χ0v) is 13.1. The van der Waals surface area contributed by atoms with Crippen LogP contribution in [0.2, 0.25) is 0 Å². The average Bonchev–Trinajstić information content (AvgIpc) is 2.97. The number of carbonyl (C=O) groups excluding carboxylic acids is 1. The molecular weight excluding hydrogens is 292 g/mol. The molecule has 122 valence electrons. The molecule has 0 bridgehead atoms. The predicted octanol–water partition coefficient (Wildman–Crippen LogP) is 1.53. The van der Waals surface area contributed by atoms with Gasteiger partial charge < -0.3 is 14.4 Å². The van der Waals surface area contributed by atoms with E-state index in [9.17, 15) is 9.90 Å². The minimum absolute atomic E-state index is 0.0698. The molecule has 1 unspecified atom stereocenters. The van der Waals surface area contributed by atoms with E-state index in [1.807, 2.05) is 36.4 Å². The Morgan fingerprint density at radius 1 is 1.13 bits per heavy atom. The molecule has 1 aromatic heterocycles. The van der Waals surface area contributed by atoms with Crippen LogP contribution in [-0.2, 0) is 17.8 Å². The summed E-state index contributed by atoms with van der Waals surface area (Å²) in [5.74, 6) is 0.0698. The summed E-state index contributed by atoms with van der Waals surface area (Å²) in [6.07, 6.45) is 3.23. The number of aliphatic hydroxyl groups excluding tert-OH is 1. The third kappa shape index (κ3) is 4.43. The van der Waals surface area contributed by atoms with Crippen LogP contribution in [0.1, 0.15) is 11.1 Å². The second-order valence-corrected chi connectivity index (χ2v) is 6.02. The van der Waals surface area contributed by atoms with Crippen LogP contribution in [0.5, 0.6) is 0 Å². The molecule has 2 aromatic rings. The summed E-state index contributed by atoms with van der Waals surface area (Å²) in [6.45, 7) is 3.09. The fourth-order valence-corrected chi connectivity index (χ4v) is 2.95. The van der Waals surface area contributed by atoms with Crippen LogP contribution in [0.3, 0.4) is 0 Å². The quantitative estimate of drug-likeness (QED) is 0.930. The SMILES string of the molecule is O=C(Cc1ccccc1)N1CCN(Cc2ccoc2)CC(O)C1. The Kier molecular flexibility index (Phi) is 5.10. The van der Waals surface area contributed by atoms with Crippen LogP contribution in [-0.4, -0.2) is 53.1 Å². The van der Waals surface area contributed by atoms with Crippen molar-refractivity contribution in [1.29, 1.82) is 0 Å². The number of aliphatic hydroxyl groups is 1. The van der Waals surface area contributed by atoms with Gasteiger partial charge in [-0.15, -0.1) is 0 Å². The van der Waals surface area contributed by atoms with Gasteiger partial charge in [-0.1, -0.05) is 30.3 Å². The third-order valence-electron chi connectivity index (χ3n) is 4.12. The molecule has 0 radical (unpaired) electrons. The molecule has 1 amide bonds. The molecule has 1 aliphatic rings. The first kappa shape index (κ1) is 15.8. The molecule has 0 saturated carbocycles. The van der Waals surface area contributed by atoms with E-state index in [-0.39, 0.29) is 5.91 Å². The molecule has 23 heavy (non-hydrogen) atoms. The van der Waals surface area contributed by atoms with Gasteiger partial charge in [0.15, 0.2) is 0 Å². The molecule has 1 atom stereocenters. The van der Waals surface area contributed by atoms with Crippen LogP contribution < -0.4 is 0 Å². The average molecular weight is 314 g/mol. The molecule has 3 rings (SSSR count). The fraction of sp³-hybridized carbons (Fsp3) is 0.389. The first-order chi connectivity index (χ1) is 11.2. The number of β-amino-alcohol motifs (C(OH)–C–C–N with tert-alkyl or cyclic N) is 1. The summed E-state index contributed by atoms with van der Waals surface area (Å²) < 4.78 is 5.09. The standard InChI is InChI=1S/C18H22N2O3/c21-17-12-19(11-16-6-9-23-14-16)7-8-20(13-17)18(22)10-15-4-2-1-3-5-15/h1-6,9,14,17,21H,7-8,10-13H2. The van der Waals surface area contributed by atoms with Gasteiger partial charge in [0.25, 0.3) is 0 Å². The zero-order valence-electron chi connectivity index (χ0n) is 13.1. The van der Waals surface area contributed by atoms with Crippen LogP contribution >= 0.6 is 0 Å². The van der Waals surface area contributed by atoms with Gasteiger partial charge in [-0.3, -0.25) is 9.69 Å². The normalized spacial score (nSPS) is 19.5. The Bertz CT molecular complexity index is 612. The lowest BCUT2D eigenvalue weighted by molar-refractivity contribution is -0.131. The molecule has 5 heteroatoms. The Hall–Kier alpha value is -2.11. The predicted molar refractivity (Wildman–Crippen MR) is 86.7 cm³/mol. The minimum Gasteiger partial charge on any atom is -0.472 e. The van der Waals surface area contributed by atoms with E-state index in [2.05, 4.69) is 4.90 Å². The summed E-state index contributed by atoms with van der Waals surface area (Å²) in [4.78, 5) is 16.4. The number of hydrogen-bond acceptors (Lipinski definition) is 4. The molecular formula is C18H22N2O3. The van der Waals surface area contributed by atoms with E-state index in [0.29, 0.717) is 26.1 Å². The molecule has 0 spiro atoms. The second kappa shape index (κ2) is 7.44. The maximum absolute atomic E-state index is 12.5. The largest absolute Gasteiger partial charge is 0.472 e. The molecule has 1 aromatic carbocycles. The Balaban J connectivity index is 1.58. The van der Waals surface area contributed by atoms with Crippen molar-refractivity contribution in [1.82, 2.24) is 9.80 Å². The number of nitrogens with zero attached hydrogens (tertiary/aromatic N) is 2. The third-order valence-corrected chi connectivity index (χ3v) is 4.12. The van der Waals surface area contributed by atoms with Crippen LogP contribution in [0, 0.1) is 0 Å². The maximum Gasteiger partial charge on any atom is 0.227 e. The van der Waals surface area contributed by atoms with Crippen molar-refractivity contribution < 1.29 is 14.3 Å². The van der Waals surface area contributed by atoms with Crippen molar-refractivity contribution >= 4 is 5.91 Å². The smallest absolute Gasteiger partial charge is 0.227 e. The molecule has 1 aliphatic heterocycles. The summed E-state index contributed by atoms with van der Waals surface area (Å²) in [5.41, 5.74) is 2.09. The number of amides is 1. The summed E-state index contributed by atoms with van der Waals surface area (Å²) in [7, 11) is 0. The van der Waals surface area contributed by atoms with Gasteiger partial charge >= 0.3 is 0 Å². The molecule has 5 nitrogen and oxygen atoms in total. The summed E-state index contributed by atoms with van der Waals surface area (Å²) in [5, 5.41) is 10.2. The van der Waals surface area contributed by atoms with Crippen molar-refractivity contribution in [3.8, 4) is 0 Å². The summed E-state index contributed by atoms with van der Waals surface area (Å²) in [6, 6.07) is 11.7. The number of carbonyl (C=O) groups is 1. The van der Waals surface area contributed by atoms with E-state index in [1.54, 1.807) is 17.4 Å². The number of rotatable bonds is 4. The van der Waals surface area contributed by atoms with Crippen molar-refractivity contribution in [3.63, 3.8) is 0 Å². The Morgan fingerprint density at radius 3 is 2.70 bits per heavy atom. The van der Waals surface area contributed by atoms with Gasteiger partial charge in [0.1, 0.15) is 0 Å². The van der Waals surface area contributed by atoms with Crippen LogP contribution in [0.15, 0.2) is 53.3 Å². The van der Waals surface area contributed by atoms with E-state index in [1.165, 1.54) is 0 Å². The van der Waals surface area contributed by atoms with E-state index in [0.717, 1.165) is 24.2 Å². The first-order valence-corrected chi connectivity index (χ1v) is 7.94. The Morgan fingerprint density at radius 2 is 1.96 bits per heavy atom. The van der Waals surface area contributed by atoms with Crippen LogP contribution in [0.25, 0.3) is 0 Å². The minimum atomic E-state index is -0.524. The fourth-order valence-electron chi connectivity index (χ4n) is 2.95.